The molecule has 0 bridgehead atoms. The van der Waals surface area contributed by atoms with Crippen LogP contribution < -0.4 is 9.80 Å². The highest BCUT2D eigenvalue weighted by molar-refractivity contribution is 5.95. The molecule has 1 atom stereocenters. The van der Waals surface area contributed by atoms with Gasteiger partial charge in [-0.3, -0.25) is 9.36 Å². The summed E-state index contributed by atoms with van der Waals surface area (Å²) in [5.41, 5.74) is 5.22. The van der Waals surface area contributed by atoms with E-state index in [0.29, 0.717) is 42.1 Å². The van der Waals surface area contributed by atoms with Crippen LogP contribution in [0.1, 0.15) is 42.6 Å². The van der Waals surface area contributed by atoms with Crippen molar-refractivity contribution in [2.45, 2.75) is 39.2 Å². The molecule has 1 saturated heterocycles. The van der Waals surface area contributed by atoms with E-state index in [0.717, 1.165) is 46.0 Å². The molecule has 0 unspecified atom stereocenters. The van der Waals surface area contributed by atoms with Crippen LogP contribution in [0.15, 0.2) is 59.3 Å². The third-order valence-electron chi connectivity index (χ3n) is 7.38. The maximum absolute atomic E-state index is 14.3. The number of amides is 1. The average Bonchev–Trinajstić information content (AvgIpc) is 3.48. The van der Waals surface area contributed by atoms with E-state index in [1.165, 1.54) is 6.07 Å². The second-order valence-electron chi connectivity index (χ2n) is 10.2. The van der Waals surface area contributed by atoms with E-state index in [1.807, 2.05) is 67.7 Å². The fourth-order valence-corrected chi connectivity index (χ4v) is 5.49. The summed E-state index contributed by atoms with van der Waals surface area (Å²) in [6.45, 7) is 3.76. The summed E-state index contributed by atoms with van der Waals surface area (Å²) in [6.07, 6.45) is 3.34. The molecule has 10 heteroatoms. The van der Waals surface area contributed by atoms with Gasteiger partial charge in [-0.15, -0.1) is 0 Å². The molecule has 1 aliphatic rings. The molecule has 0 aliphatic carbocycles. The fraction of sp³-hybridized carbons (Fsp3) is 0.267. The van der Waals surface area contributed by atoms with Crippen LogP contribution in [-0.4, -0.2) is 39.7 Å². The number of carbonyl (C=O) groups excluding carboxylic acids is 1. The van der Waals surface area contributed by atoms with Crippen LogP contribution in [0.2, 0.25) is 0 Å². The number of hydrogen-bond donors (Lipinski definition) is 0. The van der Waals surface area contributed by atoms with Crippen molar-refractivity contribution in [2.24, 2.45) is 0 Å². The number of hydrogen-bond acceptors (Lipinski definition) is 6. The van der Waals surface area contributed by atoms with Gasteiger partial charge in [-0.1, -0.05) is 11.2 Å². The molecular formula is C30H28F2N6O2. The summed E-state index contributed by atoms with van der Waals surface area (Å²) >= 11 is 0. The molecule has 2 aromatic carbocycles. The van der Waals surface area contributed by atoms with Crippen LogP contribution in [0, 0.1) is 25.5 Å². The minimum Gasteiger partial charge on any atom is -0.363 e. The first-order valence-electron chi connectivity index (χ1n) is 13.1. The summed E-state index contributed by atoms with van der Waals surface area (Å²) in [7, 11) is 3.84. The Morgan fingerprint density at radius 3 is 2.48 bits per heavy atom. The van der Waals surface area contributed by atoms with Crippen molar-refractivity contribution in [3.8, 4) is 16.8 Å². The van der Waals surface area contributed by atoms with E-state index in [1.54, 1.807) is 11.1 Å². The summed E-state index contributed by atoms with van der Waals surface area (Å²) in [4.78, 5) is 26.4. The molecule has 40 heavy (non-hydrogen) atoms. The molecule has 204 valence electrons. The molecule has 3 aromatic heterocycles. The molecule has 4 heterocycles. The van der Waals surface area contributed by atoms with Gasteiger partial charge in [0, 0.05) is 37.8 Å². The number of benzene rings is 2. The Morgan fingerprint density at radius 2 is 1.80 bits per heavy atom. The van der Waals surface area contributed by atoms with Crippen molar-refractivity contribution in [3.63, 3.8) is 0 Å². The highest BCUT2D eigenvalue weighted by atomic mass is 19.2. The van der Waals surface area contributed by atoms with Gasteiger partial charge >= 0.3 is 0 Å². The number of pyridine rings is 1. The number of aryl methyl sites for hydroxylation is 2. The van der Waals surface area contributed by atoms with Crippen molar-refractivity contribution >= 4 is 28.4 Å². The van der Waals surface area contributed by atoms with Crippen LogP contribution in [0.5, 0.6) is 0 Å². The normalized spacial score (nSPS) is 15.7. The lowest BCUT2D eigenvalue weighted by Gasteiger charge is -2.35. The topological polar surface area (TPSA) is 80.3 Å². The Kier molecular flexibility index (Phi) is 6.32. The highest BCUT2D eigenvalue weighted by Crippen LogP contribution is 2.39. The second-order valence-corrected chi connectivity index (χ2v) is 10.2. The molecule has 8 nitrogen and oxygen atoms in total. The second kappa shape index (κ2) is 9.86. The SMILES string of the molecule is Cc1noc(C)c1-c1ccc2c(c1)nc([C@@H]1CCCC(=O)N1c1ccc(F)c(F)c1)n2-c1ccc(N(C)C)nc1. The van der Waals surface area contributed by atoms with Gasteiger partial charge in [-0.2, -0.15) is 0 Å². The van der Waals surface area contributed by atoms with Crippen LogP contribution >= 0.6 is 0 Å². The molecule has 1 amide bonds. The van der Waals surface area contributed by atoms with Crippen LogP contribution in [0.25, 0.3) is 27.8 Å². The van der Waals surface area contributed by atoms with Crippen molar-refractivity contribution in [1.29, 1.82) is 0 Å². The number of anilines is 2. The number of piperidine rings is 1. The summed E-state index contributed by atoms with van der Waals surface area (Å²) in [5, 5.41) is 4.09. The molecule has 1 aliphatic heterocycles. The Morgan fingerprint density at radius 1 is 1.00 bits per heavy atom. The maximum Gasteiger partial charge on any atom is 0.227 e. The lowest BCUT2D eigenvalue weighted by atomic mass is 9.99. The third-order valence-corrected chi connectivity index (χ3v) is 7.38. The molecule has 5 aromatic rings. The highest BCUT2D eigenvalue weighted by Gasteiger charge is 2.35. The Bertz CT molecular complexity index is 1720. The van der Waals surface area contributed by atoms with Gasteiger partial charge in [-0.25, -0.2) is 18.7 Å². The zero-order valence-corrected chi connectivity index (χ0v) is 22.7. The maximum atomic E-state index is 14.3. The number of carbonyl (C=O) groups is 1. The fourth-order valence-electron chi connectivity index (χ4n) is 5.49. The number of aromatic nitrogens is 4. The Hall–Kier alpha value is -4.60. The minimum atomic E-state index is -1.00. The zero-order chi connectivity index (χ0) is 28.1. The van der Waals surface area contributed by atoms with Gasteiger partial charge < -0.3 is 14.3 Å². The Labute approximate surface area is 229 Å². The van der Waals surface area contributed by atoms with Gasteiger partial charge in [-0.05, 0) is 68.7 Å². The third kappa shape index (κ3) is 4.29. The molecule has 6 rings (SSSR count). The predicted molar refractivity (Wildman–Crippen MR) is 149 cm³/mol. The first-order chi connectivity index (χ1) is 19.2. The van der Waals surface area contributed by atoms with E-state index in [-0.39, 0.29) is 5.91 Å². The smallest absolute Gasteiger partial charge is 0.227 e. The molecule has 0 N–H and O–H groups in total. The van der Waals surface area contributed by atoms with Crippen LogP contribution in [0.3, 0.4) is 0 Å². The van der Waals surface area contributed by atoms with Crippen molar-refractivity contribution in [1.82, 2.24) is 19.7 Å². The predicted octanol–water partition coefficient (Wildman–Crippen LogP) is 6.29. The van der Waals surface area contributed by atoms with Crippen molar-refractivity contribution in [3.05, 3.63) is 83.6 Å². The quantitative estimate of drug-likeness (QED) is 0.260. The van der Waals surface area contributed by atoms with E-state index < -0.39 is 17.7 Å². The van der Waals surface area contributed by atoms with E-state index in [4.69, 9.17) is 9.51 Å². The summed E-state index contributed by atoms with van der Waals surface area (Å²) in [5.74, 6) is -0.0119. The molecule has 0 spiro atoms. The number of nitrogens with zero attached hydrogens (tertiary/aromatic N) is 6. The van der Waals surface area contributed by atoms with Crippen molar-refractivity contribution in [2.75, 3.05) is 23.9 Å². The molecular weight excluding hydrogens is 514 g/mol. The lowest BCUT2D eigenvalue weighted by Crippen LogP contribution is -2.39. The first kappa shape index (κ1) is 25.7. The van der Waals surface area contributed by atoms with Gasteiger partial charge in [0.2, 0.25) is 5.91 Å². The van der Waals surface area contributed by atoms with Gasteiger partial charge in [0.15, 0.2) is 11.6 Å². The van der Waals surface area contributed by atoms with E-state index >= 15 is 0 Å². The number of imidazole rings is 1. The first-order valence-corrected chi connectivity index (χ1v) is 13.1. The minimum absolute atomic E-state index is 0.168. The standard InChI is InChI=1S/C30H28F2N6O2/c1-17-29(18(2)40-35-17)19-8-12-25-24(14-19)34-30(38(25)21-10-13-27(33-16-21)36(3)4)26-6-5-7-28(39)37(26)20-9-11-22(31)23(32)15-20/h8-16,26H,5-7H2,1-4H3/t26-/m0/s1. The van der Waals surface area contributed by atoms with Crippen molar-refractivity contribution < 1.29 is 18.1 Å². The summed E-state index contributed by atoms with van der Waals surface area (Å²) < 4.78 is 35.5. The number of rotatable bonds is 5. The lowest BCUT2D eigenvalue weighted by molar-refractivity contribution is -0.120. The zero-order valence-electron chi connectivity index (χ0n) is 22.7. The van der Waals surface area contributed by atoms with E-state index in [2.05, 4.69) is 10.1 Å². The van der Waals surface area contributed by atoms with Gasteiger partial charge in [0.05, 0.1) is 34.7 Å². The monoisotopic (exact) mass is 542 g/mol. The van der Waals surface area contributed by atoms with Crippen LogP contribution in [0.4, 0.5) is 20.3 Å². The summed E-state index contributed by atoms with van der Waals surface area (Å²) in [6, 6.07) is 12.9. The Balaban J connectivity index is 1.56. The largest absolute Gasteiger partial charge is 0.363 e. The van der Waals surface area contributed by atoms with Crippen LogP contribution in [-0.2, 0) is 4.79 Å². The molecule has 1 fully saturated rings. The van der Waals surface area contributed by atoms with Gasteiger partial charge in [0.1, 0.15) is 17.4 Å². The average molecular weight is 543 g/mol. The number of fused-ring (bicyclic) bond motifs is 1. The molecule has 0 radical (unpaired) electrons. The van der Waals surface area contributed by atoms with Gasteiger partial charge in [0.25, 0.3) is 0 Å². The van der Waals surface area contributed by atoms with E-state index in [9.17, 15) is 13.6 Å². The number of halogens is 2. The molecule has 0 saturated carbocycles.